The average molecular weight is 203 g/mol. The number of guanidine groups is 1. The Hall–Kier alpha value is -1.88. The number of rotatable bonds is 1. The molecule has 0 bridgehead atoms. The number of nitrogens with one attached hydrogen (secondary N) is 1. The third-order valence-corrected chi connectivity index (χ3v) is 2.15. The van der Waals surface area contributed by atoms with Gasteiger partial charge in [0.1, 0.15) is 6.34 Å². The van der Waals surface area contributed by atoms with Crippen molar-refractivity contribution in [1.82, 2.24) is 5.32 Å². The van der Waals surface area contributed by atoms with Crippen LogP contribution in [-0.4, -0.2) is 25.6 Å². The van der Waals surface area contributed by atoms with Crippen molar-refractivity contribution < 1.29 is 0 Å². The van der Waals surface area contributed by atoms with Gasteiger partial charge in [-0.3, -0.25) is 10.6 Å². The van der Waals surface area contributed by atoms with Crippen molar-refractivity contribution in [1.29, 1.82) is 0 Å². The van der Waals surface area contributed by atoms with E-state index < -0.39 is 6.29 Å². The second-order valence-electron chi connectivity index (χ2n) is 3.09. The van der Waals surface area contributed by atoms with Crippen LogP contribution in [0.1, 0.15) is 0 Å². The Labute approximate surface area is 88.3 Å². The molecule has 5 heteroatoms. The lowest BCUT2D eigenvalue weighted by molar-refractivity contribution is 0.715. The first-order valence-electron chi connectivity index (χ1n) is 4.70. The quantitative estimate of drug-likeness (QED) is 0.692. The fourth-order valence-corrected chi connectivity index (χ4v) is 1.46. The van der Waals surface area contributed by atoms with E-state index in [1.165, 1.54) is 6.34 Å². The van der Waals surface area contributed by atoms with Gasteiger partial charge in [0.05, 0.1) is 0 Å². The van der Waals surface area contributed by atoms with Gasteiger partial charge in [-0.05, 0) is 12.1 Å². The molecule has 1 aromatic carbocycles. The third-order valence-electron chi connectivity index (χ3n) is 2.15. The van der Waals surface area contributed by atoms with Crippen LogP contribution in [0.2, 0.25) is 0 Å². The molecule has 1 aliphatic rings. The van der Waals surface area contributed by atoms with Gasteiger partial charge >= 0.3 is 0 Å². The Bertz CT molecular complexity index is 384. The van der Waals surface area contributed by atoms with E-state index in [-0.39, 0.29) is 0 Å². The van der Waals surface area contributed by atoms with Crippen molar-refractivity contribution in [2.24, 2.45) is 15.7 Å². The summed E-state index contributed by atoms with van der Waals surface area (Å²) in [6.07, 6.45) is 1.04. The molecule has 0 aliphatic carbocycles. The Kier molecular flexibility index (Phi) is 2.64. The standard InChI is InChI=1S/C10H13N5/c1-12-10-14-7-13-9(11)15(10)8-5-3-2-4-6-8/h2-7,9H,11H2,1H3,(H,12,13,14). The Morgan fingerprint density at radius 1 is 1.33 bits per heavy atom. The zero-order valence-electron chi connectivity index (χ0n) is 8.46. The number of para-hydroxylation sites is 1. The first-order chi connectivity index (χ1) is 7.33. The molecule has 0 amide bonds. The van der Waals surface area contributed by atoms with Crippen LogP contribution in [0.4, 0.5) is 5.69 Å². The van der Waals surface area contributed by atoms with Gasteiger partial charge in [0.25, 0.3) is 0 Å². The molecule has 0 spiro atoms. The fourth-order valence-electron chi connectivity index (χ4n) is 1.46. The largest absolute Gasteiger partial charge is 0.359 e. The highest BCUT2D eigenvalue weighted by molar-refractivity contribution is 6.01. The van der Waals surface area contributed by atoms with Gasteiger partial charge in [0.15, 0.2) is 6.29 Å². The molecule has 0 saturated heterocycles. The number of aliphatic imine (C=N–C) groups is 2. The summed E-state index contributed by atoms with van der Waals surface area (Å²) in [6.45, 7) is 0. The minimum absolute atomic E-state index is 0.424. The lowest BCUT2D eigenvalue weighted by atomic mass is 10.3. The Balaban J connectivity index is 2.35. The SMILES string of the molecule is CNC1=NC=NC(N)N1c1ccccc1. The monoisotopic (exact) mass is 203 g/mol. The van der Waals surface area contributed by atoms with Gasteiger partial charge in [-0.2, -0.15) is 0 Å². The number of nitrogens with zero attached hydrogens (tertiary/aromatic N) is 3. The van der Waals surface area contributed by atoms with Crippen molar-refractivity contribution in [3.63, 3.8) is 0 Å². The van der Waals surface area contributed by atoms with Crippen LogP contribution in [0.3, 0.4) is 0 Å². The van der Waals surface area contributed by atoms with Gasteiger partial charge in [0, 0.05) is 12.7 Å². The molecule has 0 aromatic heterocycles. The Morgan fingerprint density at radius 3 is 2.73 bits per heavy atom. The van der Waals surface area contributed by atoms with Gasteiger partial charge in [-0.15, -0.1) is 0 Å². The van der Waals surface area contributed by atoms with Crippen molar-refractivity contribution in [3.05, 3.63) is 30.3 Å². The molecule has 5 nitrogen and oxygen atoms in total. The number of benzene rings is 1. The van der Waals surface area contributed by atoms with E-state index in [4.69, 9.17) is 5.73 Å². The number of anilines is 1. The molecular formula is C10H13N5. The minimum atomic E-state index is -0.424. The fraction of sp³-hybridized carbons (Fsp3) is 0.200. The van der Waals surface area contributed by atoms with Crippen molar-refractivity contribution in [2.75, 3.05) is 11.9 Å². The number of hydrogen-bond donors (Lipinski definition) is 2. The second kappa shape index (κ2) is 4.10. The zero-order chi connectivity index (χ0) is 10.7. The topological polar surface area (TPSA) is 66.0 Å². The van der Waals surface area contributed by atoms with Crippen molar-refractivity contribution in [2.45, 2.75) is 6.29 Å². The molecule has 2 rings (SSSR count). The predicted octanol–water partition coefficient (Wildman–Crippen LogP) is 0.353. The highest BCUT2D eigenvalue weighted by atomic mass is 15.4. The maximum atomic E-state index is 5.88. The van der Waals surface area contributed by atoms with E-state index in [1.54, 1.807) is 7.05 Å². The average Bonchev–Trinajstić information content (AvgIpc) is 2.29. The molecule has 1 unspecified atom stereocenters. The van der Waals surface area contributed by atoms with Gasteiger partial charge < -0.3 is 5.32 Å². The first-order valence-corrected chi connectivity index (χ1v) is 4.70. The molecule has 0 radical (unpaired) electrons. The van der Waals surface area contributed by atoms with E-state index in [2.05, 4.69) is 15.3 Å². The normalized spacial score (nSPS) is 20.0. The first kappa shape index (κ1) is 9.67. The van der Waals surface area contributed by atoms with E-state index in [9.17, 15) is 0 Å². The van der Waals surface area contributed by atoms with E-state index >= 15 is 0 Å². The molecular weight excluding hydrogens is 190 g/mol. The van der Waals surface area contributed by atoms with Gasteiger partial charge in [-0.1, -0.05) is 18.2 Å². The van der Waals surface area contributed by atoms with Crippen LogP contribution in [0.25, 0.3) is 0 Å². The van der Waals surface area contributed by atoms with E-state index in [0.29, 0.717) is 5.96 Å². The number of nitrogens with two attached hydrogens (primary N) is 1. The maximum absolute atomic E-state index is 5.88. The summed E-state index contributed by atoms with van der Waals surface area (Å²) in [5, 5.41) is 2.99. The molecule has 1 atom stereocenters. The molecule has 3 N–H and O–H groups in total. The summed E-state index contributed by atoms with van der Waals surface area (Å²) in [6, 6.07) is 9.79. The predicted molar refractivity (Wildman–Crippen MR) is 61.9 cm³/mol. The molecule has 1 aromatic rings. The van der Waals surface area contributed by atoms with E-state index in [0.717, 1.165) is 5.69 Å². The van der Waals surface area contributed by atoms with Crippen LogP contribution in [0.15, 0.2) is 40.3 Å². The summed E-state index contributed by atoms with van der Waals surface area (Å²) in [5.41, 5.74) is 6.85. The van der Waals surface area contributed by atoms with Crippen LogP contribution < -0.4 is 16.0 Å². The Morgan fingerprint density at radius 2 is 2.07 bits per heavy atom. The highest BCUT2D eigenvalue weighted by Gasteiger charge is 2.20. The number of hydrogen-bond acceptors (Lipinski definition) is 5. The molecule has 15 heavy (non-hydrogen) atoms. The van der Waals surface area contributed by atoms with Crippen LogP contribution >= 0.6 is 0 Å². The zero-order valence-corrected chi connectivity index (χ0v) is 8.46. The highest BCUT2D eigenvalue weighted by Crippen LogP contribution is 2.16. The molecule has 0 saturated carbocycles. The second-order valence-corrected chi connectivity index (χ2v) is 3.09. The molecule has 78 valence electrons. The summed E-state index contributed by atoms with van der Waals surface area (Å²) < 4.78 is 0. The lowest BCUT2D eigenvalue weighted by Gasteiger charge is -2.30. The maximum Gasteiger partial charge on any atom is 0.207 e. The van der Waals surface area contributed by atoms with Crippen LogP contribution in [0.5, 0.6) is 0 Å². The van der Waals surface area contributed by atoms with Crippen molar-refractivity contribution in [3.8, 4) is 0 Å². The van der Waals surface area contributed by atoms with Gasteiger partial charge in [0.2, 0.25) is 5.96 Å². The van der Waals surface area contributed by atoms with E-state index in [1.807, 2.05) is 35.2 Å². The lowest BCUT2D eigenvalue weighted by Crippen LogP contribution is -2.51. The van der Waals surface area contributed by atoms with Crippen LogP contribution in [-0.2, 0) is 0 Å². The molecule has 1 heterocycles. The smallest absolute Gasteiger partial charge is 0.207 e. The molecule has 1 aliphatic heterocycles. The summed E-state index contributed by atoms with van der Waals surface area (Å²) >= 11 is 0. The van der Waals surface area contributed by atoms with Crippen LogP contribution in [0, 0.1) is 0 Å². The summed E-state index contributed by atoms with van der Waals surface area (Å²) in [4.78, 5) is 9.99. The summed E-state index contributed by atoms with van der Waals surface area (Å²) in [7, 11) is 1.81. The summed E-state index contributed by atoms with van der Waals surface area (Å²) in [5.74, 6) is 0.698. The van der Waals surface area contributed by atoms with Gasteiger partial charge in [-0.25, -0.2) is 9.98 Å². The molecule has 0 fully saturated rings. The van der Waals surface area contributed by atoms with Crippen molar-refractivity contribution >= 4 is 18.0 Å². The third kappa shape index (κ3) is 1.82. The minimum Gasteiger partial charge on any atom is -0.359 e.